The zero-order valence-corrected chi connectivity index (χ0v) is 10.6. The molecule has 0 saturated carbocycles. The molecule has 0 bridgehead atoms. The van der Waals surface area contributed by atoms with Crippen LogP contribution in [-0.4, -0.2) is 9.78 Å². The molecule has 0 unspecified atom stereocenters. The molecule has 0 aliphatic rings. The number of aromatic nitrogens is 2. The molecule has 1 heterocycles. The van der Waals surface area contributed by atoms with Gasteiger partial charge in [-0.1, -0.05) is 30.3 Å². The van der Waals surface area contributed by atoms with Crippen LogP contribution in [0.15, 0.2) is 53.5 Å². The lowest BCUT2D eigenvalue weighted by Gasteiger charge is -2.08. The predicted octanol–water partition coefficient (Wildman–Crippen LogP) is 2.17. The number of rotatable bonds is 2. The Hall–Kier alpha value is -2.69. The van der Waals surface area contributed by atoms with Gasteiger partial charge in [0.05, 0.1) is 23.8 Å². The minimum absolute atomic E-state index is 0.0561. The Morgan fingerprint density at radius 3 is 2.80 bits per heavy atom. The van der Waals surface area contributed by atoms with Gasteiger partial charge in [-0.25, -0.2) is 9.07 Å². The van der Waals surface area contributed by atoms with E-state index in [1.165, 1.54) is 10.7 Å². The third-order valence-electron chi connectivity index (χ3n) is 3.19. The minimum atomic E-state index is -0.505. The maximum atomic E-state index is 13.9. The van der Waals surface area contributed by atoms with Gasteiger partial charge in [0.1, 0.15) is 0 Å². The topological polar surface area (TPSA) is 60.9 Å². The zero-order chi connectivity index (χ0) is 14.1. The Kier molecular flexibility index (Phi) is 2.95. The third kappa shape index (κ3) is 2.03. The molecule has 0 fully saturated rings. The number of nitrogen functional groups attached to an aromatic ring is 1. The molecule has 1 aromatic heterocycles. The first-order valence-corrected chi connectivity index (χ1v) is 6.14. The monoisotopic (exact) mass is 269 g/mol. The molecule has 4 nitrogen and oxygen atoms in total. The number of benzene rings is 2. The standard InChI is InChI=1S/C15H12FN3O/c16-14-11(5-3-7-13(14)17)9-19-15(20)12-6-2-1-4-10(12)8-18-19/h1-8H,9,17H2. The van der Waals surface area contributed by atoms with E-state index in [2.05, 4.69) is 5.10 Å². The fourth-order valence-electron chi connectivity index (χ4n) is 2.12. The first-order chi connectivity index (χ1) is 9.66. The van der Waals surface area contributed by atoms with Gasteiger partial charge in [0.15, 0.2) is 5.82 Å². The second-order valence-electron chi connectivity index (χ2n) is 4.51. The van der Waals surface area contributed by atoms with Crippen molar-refractivity contribution in [3.8, 4) is 0 Å². The molecule has 0 aliphatic carbocycles. The van der Waals surface area contributed by atoms with Crippen LogP contribution in [0.4, 0.5) is 10.1 Å². The highest BCUT2D eigenvalue weighted by atomic mass is 19.1. The number of nitrogens with zero attached hydrogens (tertiary/aromatic N) is 2. The largest absolute Gasteiger partial charge is 0.396 e. The molecule has 20 heavy (non-hydrogen) atoms. The van der Waals surface area contributed by atoms with Crippen molar-refractivity contribution in [1.82, 2.24) is 9.78 Å². The SMILES string of the molecule is Nc1cccc(Cn2ncc3ccccc3c2=O)c1F. The second kappa shape index (κ2) is 4.77. The number of fused-ring (bicyclic) bond motifs is 1. The van der Waals surface area contributed by atoms with Crippen LogP contribution in [0.25, 0.3) is 10.8 Å². The summed E-state index contributed by atoms with van der Waals surface area (Å²) < 4.78 is 15.1. The number of halogens is 1. The van der Waals surface area contributed by atoms with Gasteiger partial charge in [0.25, 0.3) is 5.56 Å². The van der Waals surface area contributed by atoms with Crippen LogP contribution in [0, 0.1) is 5.82 Å². The van der Waals surface area contributed by atoms with Gasteiger partial charge in [-0.15, -0.1) is 0 Å². The van der Waals surface area contributed by atoms with Crippen molar-refractivity contribution in [3.63, 3.8) is 0 Å². The highest BCUT2D eigenvalue weighted by molar-refractivity contribution is 5.80. The van der Waals surface area contributed by atoms with E-state index in [0.717, 1.165) is 5.39 Å². The molecular formula is C15H12FN3O. The van der Waals surface area contributed by atoms with Crippen molar-refractivity contribution in [2.45, 2.75) is 6.54 Å². The number of anilines is 1. The Labute approximate surface area is 114 Å². The summed E-state index contributed by atoms with van der Waals surface area (Å²) in [6.45, 7) is 0.0561. The van der Waals surface area contributed by atoms with Crippen molar-refractivity contribution < 1.29 is 4.39 Å². The summed E-state index contributed by atoms with van der Waals surface area (Å²) in [5.41, 5.74) is 5.68. The third-order valence-corrected chi connectivity index (χ3v) is 3.19. The van der Waals surface area contributed by atoms with E-state index in [1.54, 1.807) is 30.5 Å². The van der Waals surface area contributed by atoms with Crippen molar-refractivity contribution in [1.29, 1.82) is 0 Å². The van der Waals surface area contributed by atoms with Crippen molar-refractivity contribution in [2.75, 3.05) is 5.73 Å². The van der Waals surface area contributed by atoms with Gasteiger partial charge in [-0.2, -0.15) is 5.10 Å². The van der Waals surface area contributed by atoms with E-state index in [4.69, 9.17) is 5.73 Å². The quantitative estimate of drug-likeness (QED) is 0.725. The van der Waals surface area contributed by atoms with Gasteiger partial charge in [-0.3, -0.25) is 4.79 Å². The molecule has 0 saturated heterocycles. The van der Waals surface area contributed by atoms with Gasteiger partial charge < -0.3 is 5.73 Å². The first-order valence-electron chi connectivity index (χ1n) is 6.14. The maximum absolute atomic E-state index is 13.9. The molecule has 2 aromatic carbocycles. The maximum Gasteiger partial charge on any atom is 0.274 e. The minimum Gasteiger partial charge on any atom is -0.396 e. The van der Waals surface area contributed by atoms with Gasteiger partial charge in [-0.05, 0) is 12.1 Å². The average molecular weight is 269 g/mol. The molecule has 0 amide bonds. The summed E-state index contributed by atoms with van der Waals surface area (Å²) in [6.07, 6.45) is 1.60. The lowest BCUT2D eigenvalue weighted by Crippen LogP contribution is -2.23. The van der Waals surface area contributed by atoms with Gasteiger partial charge in [0, 0.05) is 10.9 Å². The van der Waals surface area contributed by atoms with Gasteiger partial charge >= 0.3 is 0 Å². The average Bonchev–Trinajstić information content (AvgIpc) is 2.47. The van der Waals surface area contributed by atoms with Crippen LogP contribution in [0.3, 0.4) is 0 Å². The molecule has 0 atom stereocenters. The highest BCUT2D eigenvalue weighted by Crippen LogP contribution is 2.15. The fourth-order valence-corrected chi connectivity index (χ4v) is 2.12. The van der Waals surface area contributed by atoms with Crippen LogP contribution in [0.2, 0.25) is 0 Å². The summed E-state index contributed by atoms with van der Waals surface area (Å²) >= 11 is 0. The van der Waals surface area contributed by atoms with E-state index in [9.17, 15) is 9.18 Å². The molecular weight excluding hydrogens is 257 g/mol. The smallest absolute Gasteiger partial charge is 0.274 e. The van der Waals surface area contributed by atoms with Crippen molar-refractivity contribution in [3.05, 3.63) is 70.4 Å². The van der Waals surface area contributed by atoms with Gasteiger partial charge in [0.2, 0.25) is 0 Å². The van der Waals surface area contributed by atoms with Crippen LogP contribution in [0.5, 0.6) is 0 Å². The summed E-state index contributed by atoms with van der Waals surface area (Å²) in [6, 6.07) is 11.9. The number of hydrogen-bond acceptors (Lipinski definition) is 3. The molecule has 0 spiro atoms. The summed E-state index contributed by atoms with van der Waals surface area (Å²) in [5, 5.41) is 5.40. The van der Waals surface area contributed by atoms with E-state index in [1.807, 2.05) is 12.1 Å². The molecule has 3 aromatic rings. The Bertz CT molecular complexity index is 842. The van der Waals surface area contributed by atoms with Crippen molar-refractivity contribution in [2.24, 2.45) is 0 Å². The highest BCUT2D eigenvalue weighted by Gasteiger charge is 2.09. The molecule has 2 N–H and O–H groups in total. The fraction of sp³-hybridized carbons (Fsp3) is 0.0667. The summed E-state index contributed by atoms with van der Waals surface area (Å²) in [4.78, 5) is 12.3. The number of nitrogens with two attached hydrogens (primary N) is 1. The lowest BCUT2D eigenvalue weighted by molar-refractivity contribution is 0.578. The Balaban J connectivity index is 2.10. The molecule has 5 heteroatoms. The Morgan fingerprint density at radius 1 is 1.15 bits per heavy atom. The molecule has 100 valence electrons. The zero-order valence-electron chi connectivity index (χ0n) is 10.6. The number of hydrogen-bond donors (Lipinski definition) is 1. The van der Waals surface area contributed by atoms with Crippen molar-refractivity contribution >= 4 is 16.5 Å². The van der Waals surface area contributed by atoms with E-state index in [0.29, 0.717) is 10.9 Å². The first kappa shape index (κ1) is 12.3. The van der Waals surface area contributed by atoms with Crippen LogP contribution < -0.4 is 11.3 Å². The van der Waals surface area contributed by atoms with Crippen LogP contribution in [0.1, 0.15) is 5.56 Å². The van der Waals surface area contributed by atoms with E-state index < -0.39 is 5.82 Å². The normalized spacial score (nSPS) is 10.8. The lowest BCUT2D eigenvalue weighted by atomic mass is 10.1. The predicted molar refractivity (Wildman–Crippen MR) is 75.9 cm³/mol. The molecule has 3 rings (SSSR count). The molecule has 0 radical (unpaired) electrons. The van der Waals surface area contributed by atoms with E-state index >= 15 is 0 Å². The second-order valence-corrected chi connectivity index (χ2v) is 4.51. The Morgan fingerprint density at radius 2 is 1.95 bits per heavy atom. The van der Waals surface area contributed by atoms with Crippen LogP contribution in [-0.2, 0) is 6.54 Å². The molecule has 0 aliphatic heterocycles. The van der Waals surface area contributed by atoms with E-state index in [-0.39, 0.29) is 17.8 Å². The van der Waals surface area contributed by atoms with Crippen LogP contribution >= 0.6 is 0 Å². The summed E-state index contributed by atoms with van der Waals surface area (Å²) in [5.74, 6) is -0.505. The summed E-state index contributed by atoms with van der Waals surface area (Å²) in [7, 11) is 0.